The van der Waals surface area contributed by atoms with Gasteiger partial charge in [0.1, 0.15) is 17.2 Å². The van der Waals surface area contributed by atoms with Crippen LogP contribution in [0.1, 0.15) is 32.2 Å². The SMILES string of the molecule is CCCn1c(=O)n(C2CC2)c(=O)c2[nH]c(-c3ccc(N(CCOC)C(=O)Nc4cccc(Cl)c4)nc3)nc21. The molecule has 1 aromatic carbocycles. The van der Waals surface area contributed by atoms with Crippen LogP contribution in [0.15, 0.2) is 52.2 Å². The summed E-state index contributed by atoms with van der Waals surface area (Å²) in [6, 6.07) is 9.88. The van der Waals surface area contributed by atoms with Crippen LogP contribution in [-0.2, 0) is 11.3 Å². The highest BCUT2D eigenvalue weighted by molar-refractivity contribution is 6.30. The molecule has 0 radical (unpaired) electrons. The Bertz CT molecular complexity index is 1590. The van der Waals surface area contributed by atoms with Gasteiger partial charge in [-0.1, -0.05) is 24.6 Å². The second-order valence-corrected chi connectivity index (χ2v) is 9.55. The minimum Gasteiger partial charge on any atom is -0.383 e. The first kappa shape index (κ1) is 25.7. The number of imidazole rings is 1. The second kappa shape index (κ2) is 10.8. The number of methoxy groups -OCH3 is 1. The molecule has 0 saturated heterocycles. The Labute approximate surface area is 223 Å². The number of carbonyl (C=O) groups is 1. The van der Waals surface area contributed by atoms with Crippen molar-refractivity contribution in [3.8, 4) is 11.4 Å². The molecule has 1 aliphatic rings. The lowest BCUT2D eigenvalue weighted by Crippen LogP contribution is -2.39. The van der Waals surface area contributed by atoms with Gasteiger partial charge in [-0.15, -0.1) is 0 Å². The Morgan fingerprint density at radius 1 is 1.26 bits per heavy atom. The molecule has 0 atom stereocenters. The molecule has 0 aliphatic heterocycles. The highest BCUT2D eigenvalue weighted by Gasteiger charge is 2.30. The maximum absolute atomic E-state index is 13.1. The van der Waals surface area contributed by atoms with E-state index in [-0.39, 0.29) is 23.8 Å². The summed E-state index contributed by atoms with van der Waals surface area (Å²) in [4.78, 5) is 52.8. The zero-order chi connectivity index (χ0) is 26.8. The van der Waals surface area contributed by atoms with Gasteiger partial charge < -0.3 is 15.0 Å². The Morgan fingerprint density at radius 3 is 2.74 bits per heavy atom. The summed E-state index contributed by atoms with van der Waals surface area (Å²) in [5, 5.41) is 3.33. The fourth-order valence-electron chi connectivity index (χ4n) is 4.30. The van der Waals surface area contributed by atoms with Crippen molar-refractivity contribution in [3.63, 3.8) is 0 Å². The number of H-pyrrole nitrogens is 1. The minimum absolute atomic E-state index is 0.0497. The van der Waals surface area contributed by atoms with Crippen molar-refractivity contribution in [3.05, 3.63) is 68.5 Å². The Kier molecular flexibility index (Phi) is 7.30. The number of urea groups is 1. The summed E-state index contributed by atoms with van der Waals surface area (Å²) in [6.45, 7) is 3.00. The van der Waals surface area contributed by atoms with Crippen molar-refractivity contribution >= 4 is 40.3 Å². The van der Waals surface area contributed by atoms with Gasteiger partial charge in [-0.05, 0) is 49.6 Å². The number of hydrogen-bond acceptors (Lipinski definition) is 6. The van der Waals surface area contributed by atoms with Gasteiger partial charge >= 0.3 is 11.7 Å². The van der Waals surface area contributed by atoms with E-state index in [1.807, 2.05) is 6.92 Å². The van der Waals surface area contributed by atoms with E-state index in [0.29, 0.717) is 52.2 Å². The summed E-state index contributed by atoms with van der Waals surface area (Å²) in [7, 11) is 1.56. The number of carbonyl (C=O) groups excluding carboxylic acids is 1. The van der Waals surface area contributed by atoms with Crippen LogP contribution in [0.3, 0.4) is 0 Å². The topological polar surface area (TPSA) is 127 Å². The molecule has 1 fully saturated rings. The molecule has 12 heteroatoms. The van der Waals surface area contributed by atoms with Gasteiger partial charge in [0, 0.05) is 42.2 Å². The van der Waals surface area contributed by atoms with Crippen LogP contribution in [-0.4, -0.2) is 50.4 Å². The number of rotatable bonds is 9. The van der Waals surface area contributed by atoms with E-state index < -0.39 is 6.03 Å². The molecule has 198 valence electrons. The zero-order valence-corrected chi connectivity index (χ0v) is 21.9. The van der Waals surface area contributed by atoms with E-state index >= 15 is 0 Å². The molecule has 0 bridgehead atoms. The molecule has 5 rings (SSSR count). The normalized spacial score (nSPS) is 13.1. The van der Waals surface area contributed by atoms with Crippen molar-refractivity contribution in [2.75, 3.05) is 30.5 Å². The van der Waals surface area contributed by atoms with E-state index in [9.17, 15) is 14.4 Å². The first-order valence-electron chi connectivity index (χ1n) is 12.5. The van der Waals surface area contributed by atoms with Gasteiger partial charge in [-0.2, -0.15) is 0 Å². The van der Waals surface area contributed by atoms with Gasteiger partial charge in [-0.25, -0.2) is 19.6 Å². The van der Waals surface area contributed by atoms with Crippen molar-refractivity contribution in [1.29, 1.82) is 0 Å². The third-order valence-electron chi connectivity index (χ3n) is 6.31. The number of fused-ring (bicyclic) bond motifs is 1. The largest absolute Gasteiger partial charge is 0.383 e. The number of nitrogens with zero attached hydrogens (tertiary/aromatic N) is 5. The smallest absolute Gasteiger partial charge is 0.333 e. The van der Waals surface area contributed by atoms with E-state index in [0.717, 1.165) is 19.3 Å². The minimum atomic E-state index is -0.391. The Hall–Kier alpha value is -3.96. The molecule has 1 aliphatic carbocycles. The van der Waals surface area contributed by atoms with Crippen molar-refractivity contribution in [2.45, 2.75) is 38.8 Å². The summed E-state index contributed by atoms with van der Waals surface area (Å²) >= 11 is 6.04. The summed E-state index contributed by atoms with van der Waals surface area (Å²) in [6.07, 6.45) is 3.94. The molecule has 1 saturated carbocycles. The third kappa shape index (κ3) is 5.07. The van der Waals surface area contributed by atoms with E-state index in [4.69, 9.17) is 16.3 Å². The van der Waals surface area contributed by atoms with Gasteiger partial charge in [0.05, 0.1) is 13.2 Å². The Morgan fingerprint density at radius 2 is 2.08 bits per heavy atom. The van der Waals surface area contributed by atoms with E-state index in [1.54, 1.807) is 54.3 Å². The molecule has 3 aromatic heterocycles. The van der Waals surface area contributed by atoms with Crippen molar-refractivity contribution in [2.24, 2.45) is 0 Å². The number of benzene rings is 1. The molecule has 11 nitrogen and oxygen atoms in total. The number of nitrogens with one attached hydrogen (secondary N) is 2. The molecule has 2 N–H and O–H groups in total. The number of aromatic amines is 1. The van der Waals surface area contributed by atoms with Gasteiger partial charge in [0.2, 0.25) is 0 Å². The lowest BCUT2D eigenvalue weighted by molar-refractivity contribution is 0.204. The highest BCUT2D eigenvalue weighted by Crippen LogP contribution is 2.32. The molecule has 4 aromatic rings. The molecule has 0 spiro atoms. The fourth-order valence-corrected chi connectivity index (χ4v) is 4.49. The third-order valence-corrected chi connectivity index (χ3v) is 6.54. The number of hydrogen-bond donors (Lipinski definition) is 2. The number of ether oxygens (including phenoxy) is 1. The first-order valence-corrected chi connectivity index (χ1v) is 12.8. The summed E-state index contributed by atoms with van der Waals surface area (Å²) in [5.41, 5.74) is 1.12. The van der Waals surface area contributed by atoms with Crippen LogP contribution >= 0.6 is 11.6 Å². The van der Waals surface area contributed by atoms with Gasteiger partial charge in [-0.3, -0.25) is 18.8 Å². The maximum atomic E-state index is 13.1. The molecular weight excluding hydrogens is 510 g/mol. The quantitative estimate of drug-likeness (QED) is 0.332. The predicted octanol–water partition coefficient (Wildman–Crippen LogP) is 4.03. The monoisotopic (exact) mass is 537 g/mol. The van der Waals surface area contributed by atoms with Gasteiger partial charge in [0.15, 0.2) is 5.65 Å². The van der Waals surface area contributed by atoms with Crippen LogP contribution in [0.4, 0.5) is 16.3 Å². The maximum Gasteiger partial charge on any atom is 0.333 e. The van der Waals surface area contributed by atoms with Crippen LogP contribution in [0.5, 0.6) is 0 Å². The van der Waals surface area contributed by atoms with E-state index in [2.05, 4.69) is 20.3 Å². The van der Waals surface area contributed by atoms with Crippen molar-refractivity contribution < 1.29 is 9.53 Å². The molecule has 0 unspecified atom stereocenters. The van der Waals surface area contributed by atoms with Crippen LogP contribution in [0.2, 0.25) is 5.02 Å². The fraction of sp³-hybridized carbons (Fsp3) is 0.346. The van der Waals surface area contributed by atoms with E-state index in [1.165, 1.54) is 9.47 Å². The number of halogens is 1. The lowest BCUT2D eigenvalue weighted by Gasteiger charge is -2.22. The van der Waals surface area contributed by atoms with Gasteiger partial charge in [0.25, 0.3) is 5.56 Å². The predicted molar refractivity (Wildman–Crippen MR) is 146 cm³/mol. The molecule has 3 heterocycles. The number of amides is 2. The summed E-state index contributed by atoms with van der Waals surface area (Å²) in [5.74, 6) is 0.821. The molecular formula is C26H28ClN7O4. The number of pyridine rings is 1. The molecule has 38 heavy (non-hydrogen) atoms. The highest BCUT2D eigenvalue weighted by atomic mass is 35.5. The standard InChI is InChI=1S/C26H28ClN7O4/c1-3-11-33-23-21(24(35)34(26(33)37)19-8-9-19)30-22(31-23)16-7-10-20(28-15-16)32(12-13-38-2)25(36)29-18-6-4-5-17(27)14-18/h4-7,10,14-15,19H,3,8-9,11-13H2,1-2H3,(H,29,36)(H,30,31). The van der Waals surface area contributed by atoms with Crippen molar-refractivity contribution in [1.82, 2.24) is 24.1 Å². The lowest BCUT2D eigenvalue weighted by atomic mass is 10.2. The Balaban J connectivity index is 1.47. The number of aryl methyl sites for hydroxylation is 1. The number of anilines is 2. The summed E-state index contributed by atoms with van der Waals surface area (Å²) < 4.78 is 8.08. The number of aromatic nitrogens is 5. The average Bonchev–Trinajstić information content (AvgIpc) is 3.63. The average molecular weight is 538 g/mol. The molecule has 2 amide bonds. The van der Waals surface area contributed by atoms with Crippen LogP contribution in [0, 0.1) is 0 Å². The zero-order valence-electron chi connectivity index (χ0n) is 21.1. The van der Waals surface area contributed by atoms with Crippen LogP contribution < -0.4 is 21.5 Å². The second-order valence-electron chi connectivity index (χ2n) is 9.11. The van der Waals surface area contributed by atoms with Crippen LogP contribution in [0.25, 0.3) is 22.6 Å². The first-order chi connectivity index (χ1) is 18.4.